The van der Waals surface area contributed by atoms with Crippen molar-refractivity contribution in [3.05, 3.63) is 56.6 Å². The summed E-state index contributed by atoms with van der Waals surface area (Å²) < 4.78 is 22.8. The lowest BCUT2D eigenvalue weighted by Gasteiger charge is -2.15. The first-order valence-corrected chi connectivity index (χ1v) is 9.45. The highest BCUT2D eigenvalue weighted by atomic mass is 32.2. The van der Waals surface area contributed by atoms with Crippen LogP contribution in [0.2, 0.25) is 0 Å². The highest BCUT2D eigenvalue weighted by molar-refractivity contribution is 7.99. The fourth-order valence-corrected chi connectivity index (χ4v) is 4.10. The summed E-state index contributed by atoms with van der Waals surface area (Å²) in [6.07, 6.45) is 0. The molecule has 8 heteroatoms. The molecule has 24 heavy (non-hydrogen) atoms. The molecule has 0 amide bonds. The zero-order valence-corrected chi connectivity index (χ0v) is 15.4. The number of hydrogen-bond acceptors (Lipinski definition) is 5. The van der Waals surface area contributed by atoms with Crippen LogP contribution in [-0.2, 0) is 10.0 Å². The molecule has 2 aromatic rings. The van der Waals surface area contributed by atoms with Gasteiger partial charge in [0.25, 0.3) is 5.69 Å². The summed E-state index contributed by atoms with van der Waals surface area (Å²) in [5.74, 6) is 0. The van der Waals surface area contributed by atoms with E-state index in [-0.39, 0.29) is 10.6 Å². The Morgan fingerprint density at radius 2 is 1.58 bits per heavy atom. The topological polar surface area (TPSA) is 103 Å². The van der Waals surface area contributed by atoms with Gasteiger partial charge in [-0.3, -0.25) is 10.1 Å². The molecule has 0 saturated carbocycles. The number of primary sulfonamides is 1. The number of hydrogen-bond donors (Lipinski definition) is 1. The van der Waals surface area contributed by atoms with E-state index in [0.29, 0.717) is 4.90 Å². The van der Waals surface area contributed by atoms with Crippen molar-refractivity contribution in [1.29, 1.82) is 0 Å². The van der Waals surface area contributed by atoms with E-state index in [2.05, 4.69) is 6.07 Å². The van der Waals surface area contributed by atoms with Crippen molar-refractivity contribution in [2.45, 2.75) is 42.4 Å². The highest BCUT2D eigenvalue weighted by Gasteiger charge is 2.21. The Kier molecular flexibility index (Phi) is 5.03. The molecule has 0 aliphatic heterocycles. The van der Waals surface area contributed by atoms with Crippen molar-refractivity contribution < 1.29 is 13.3 Å². The van der Waals surface area contributed by atoms with Crippen LogP contribution in [0, 0.1) is 37.8 Å². The Bertz CT molecular complexity index is 911. The SMILES string of the molecule is Cc1cc(C)c(C)c(Sc2ccc(S(N)(=O)=O)cc2[N+](=O)[O-])c1C. The summed E-state index contributed by atoms with van der Waals surface area (Å²) in [6, 6.07) is 5.80. The molecular formula is C16H18N2O4S2. The van der Waals surface area contributed by atoms with E-state index in [0.717, 1.165) is 33.2 Å². The van der Waals surface area contributed by atoms with Gasteiger partial charge in [0.1, 0.15) is 0 Å². The third kappa shape index (κ3) is 3.61. The quantitative estimate of drug-likeness (QED) is 0.657. The zero-order chi connectivity index (χ0) is 18.2. The van der Waals surface area contributed by atoms with E-state index >= 15 is 0 Å². The molecule has 2 rings (SSSR count). The lowest BCUT2D eigenvalue weighted by atomic mass is 10.0. The van der Waals surface area contributed by atoms with Crippen LogP contribution in [0.25, 0.3) is 0 Å². The van der Waals surface area contributed by atoms with Crippen LogP contribution >= 0.6 is 11.8 Å². The van der Waals surface area contributed by atoms with Gasteiger partial charge in [-0.15, -0.1) is 0 Å². The second-order valence-corrected chi connectivity index (χ2v) is 8.24. The number of benzene rings is 2. The van der Waals surface area contributed by atoms with Crippen LogP contribution < -0.4 is 5.14 Å². The zero-order valence-electron chi connectivity index (χ0n) is 13.8. The Morgan fingerprint density at radius 1 is 1.04 bits per heavy atom. The monoisotopic (exact) mass is 366 g/mol. The summed E-state index contributed by atoms with van der Waals surface area (Å²) in [5, 5.41) is 16.4. The molecule has 2 aromatic carbocycles. The van der Waals surface area contributed by atoms with Gasteiger partial charge >= 0.3 is 0 Å². The second-order valence-electron chi connectivity index (χ2n) is 5.62. The maximum absolute atomic E-state index is 11.4. The molecule has 0 spiro atoms. The fourth-order valence-electron chi connectivity index (χ4n) is 2.35. The molecule has 0 radical (unpaired) electrons. The van der Waals surface area contributed by atoms with Gasteiger partial charge in [-0.1, -0.05) is 17.8 Å². The Morgan fingerprint density at radius 3 is 2.04 bits per heavy atom. The van der Waals surface area contributed by atoms with E-state index < -0.39 is 14.9 Å². The lowest BCUT2D eigenvalue weighted by molar-refractivity contribution is -0.388. The average molecular weight is 366 g/mol. The maximum atomic E-state index is 11.4. The molecule has 0 unspecified atom stereocenters. The standard InChI is InChI=1S/C16H18N2O4S2/c1-9-7-10(2)12(4)16(11(9)3)23-15-6-5-13(24(17,21)22)8-14(15)18(19)20/h5-8H,1-4H3,(H2,17,21,22). The van der Waals surface area contributed by atoms with Gasteiger partial charge in [-0.05, 0) is 62.1 Å². The minimum atomic E-state index is -3.99. The minimum absolute atomic E-state index is 0.271. The van der Waals surface area contributed by atoms with Gasteiger partial charge in [0.2, 0.25) is 10.0 Å². The Balaban J connectivity index is 2.61. The molecule has 0 saturated heterocycles. The number of nitrogens with two attached hydrogens (primary N) is 1. The predicted molar refractivity (Wildman–Crippen MR) is 94.0 cm³/mol. The molecule has 0 aliphatic carbocycles. The van der Waals surface area contributed by atoms with E-state index in [1.54, 1.807) is 0 Å². The van der Waals surface area contributed by atoms with Gasteiger partial charge in [0, 0.05) is 11.0 Å². The summed E-state index contributed by atoms with van der Waals surface area (Å²) in [5.41, 5.74) is 4.03. The normalized spacial score (nSPS) is 11.5. The van der Waals surface area contributed by atoms with Crippen LogP contribution in [0.3, 0.4) is 0 Å². The molecule has 0 aliphatic rings. The van der Waals surface area contributed by atoms with E-state index in [1.165, 1.54) is 23.9 Å². The van der Waals surface area contributed by atoms with Crippen LogP contribution in [-0.4, -0.2) is 13.3 Å². The van der Waals surface area contributed by atoms with Crippen LogP contribution in [0.1, 0.15) is 22.3 Å². The molecule has 128 valence electrons. The highest BCUT2D eigenvalue weighted by Crippen LogP contribution is 2.40. The van der Waals surface area contributed by atoms with Crippen LogP contribution in [0.5, 0.6) is 0 Å². The number of nitrogens with zero attached hydrogens (tertiary/aromatic N) is 1. The number of rotatable bonds is 4. The Labute approximate surface area is 145 Å². The van der Waals surface area contributed by atoms with Crippen molar-refractivity contribution in [2.75, 3.05) is 0 Å². The Hall–Kier alpha value is -1.90. The first-order valence-electron chi connectivity index (χ1n) is 7.09. The smallest absolute Gasteiger partial charge is 0.258 e. The van der Waals surface area contributed by atoms with Crippen molar-refractivity contribution in [1.82, 2.24) is 0 Å². The van der Waals surface area contributed by atoms with Gasteiger partial charge in [-0.2, -0.15) is 0 Å². The summed E-state index contributed by atoms with van der Waals surface area (Å²) in [6.45, 7) is 7.91. The van der Waals surface area contributed by atoms with Crippen molar-refractivity contribution in [2.24, 2.45) is 5.14 Å². The summed E-state index contributed by atoms with van der Waals surface area (Å²) in [7, 11) is -3.99. The summed E-state index contributed by atoms with van der Waals surface area (Å²) in [4.78, 5) is 11.8. The molecule has 0 aromatic heterocycles. The largest absolute Gasteiger partial charge is 0.284 e. The third-order valence-electron chi connectivity index (χ3n) is 3.96. The molecule has 0 heterocycles. The minimum Gasteiger partial charge on any atom is -0.258 e. The molecule has 6 nitrogen and oxygen atoms in total. The summed E-state index contributed by atoms with van der Waals surface area (Å²) >= 11 is 1.27. The van der Waals surface area contributed by atoms with Crippen molar-refractivity contribution in [3.63, 3.8) is 0 Å². The molecular weight excluding hydrogens is 348 g/mol. The van der Waals surface area contributed by atoms with Crippen LogP contribution in [0.15, 0.2) is 39.0 Å². The number of nitro groups is 1. The van der Waals surface area contributed by atoms with Gasteiger partial charge in [0.15, 0.2) is 0 Å². The van der Waals surface area contributed by atoms with E-state index in [9.17, 15) is 18.5 Å². The van der Waals surface area contributed by atoms with Crippen molar-refractivity contribution >= 4 is 27.5 Å². The molecule has 0 bridgehead atoms. The van der Waals surface area contributed by atoms with Gasteiger partial charge in [-0.25, -0.2) is 13.6 Å². The third-order valence-corrected chi connectivity index (χ3v) is 6.26. The predicted octanol–water partition coefficient (Wildman–Crippen LogP) is 3.63. The average Bonchev–Trinajstić information content (AvgIpc) is 2.48. The first-order chi connectivity index (χ1) is 11.0. The lowest BCUT2D eigenvalue weighted by Crippen LogP contribution is -2.12. The van der Waals surface area contributed by atoms with Crippen molar-refractivity contribution in [3.8, 4) is 0 Å². The molecule has 2 N–H and O–H groups in total. The van der Waals surface area contributed by atoms with Crippen LogP contribution in [0.4, 0.5) is 5.69 Å². The number of nitro benzene ring substituents is 1. The van der Waals surface area contributed by atoms with E-state index in [4.69, 9.17) is 5.14 Å². The van der Waals surface area contributed by atoms with E-state index in [1.807, 2.05) is 27.7 Å². The number of sulfonamides is 1. The second kappa shape index (κ2) is 6.54. The van der Waals surface area contributed by atoms with Gasteiger partial charge < -0.3 is 0 Å². The molecule has 0 atom stereocenters. The van der Waals surface area contributed by atoms with Gasteiger partial charge in [0.05, 0.1) is 14.7 Å². The maximum Gasteiger partial charge on any atom is 0.284 e. The number of aryl methyl sites for hydroxylation is 2. The fraction of sp³-hybridized carbons (Fsp3) is 0.250. The molecule has 0 fully saturated rings. The first kappa shape index (κ1) is 18.4.